The first-order valence-electron chi connectivity index (χ1n) is 13.6. The second-order valence-corrected chi connectivity index (χ2v) is 9.60. The Labute approximate surface area is 198 Å². The third kappa shape index (κ3) is 20.6. The first-order valence-corrected chi connectivity index (χ1v) is 13.6. The number of rotatable bonds is 22. The van der Waals surface area contributed by atoms with Gasteiger partial charge in [-0.3, -0.25) is 0 Å². The van der Waals surface area contributed by atoms with Crippen molar-refractivity contribution >= 4 is 12.1 Å². The Morgan fingerprint density at radius 1 is 0.656 bits per heavy atom. The number of carbonyl (C=O) groups is 2. The van der Waals surface area contributed by atoms with Crippen molar-refractivity contribution in [2.24, 2.45) is 5.92 Å². The molecule has 5 heteroatoms. The van der Waals surface area contributed by atoms with Crippen LogP contribution in [-0.2, 0) is 14.3 Å². The minimum Gasteiger partial charge on any atom is -0.464 e. The number of esters is 1. The summed E-state index contributed by atoms with van der Waals surface area (Å²) in [6.45, 7) is 9.17. The summed E-state index contributed by atoms with van der Waals surface area (Å²) < 4.78 is 10.6. The van der Waals surface area contributed by atoms with Gasteiger partial charge in [0.05, 0.1) is 13.2 Å². The lowest BCUT2D eigenvalue weighted by Gasteiger charge is -2.18. The van der Waals surface area contributed by atoms with Gasteiger partial charge in [0.25, 0.3) is 0 Å². The fourth-order valence-electron chi connectivity index (χ4n) is 3.67. The van der Waals surface area contributed by atoms with Gasteiger partial charge in [-0.15, -0.1) is 0 Å². The maximum Gasteiger partial charge on any atom is 0.407 e. The van der Waals surface area contributed by atoms with Gasteiger partial charge in [0.2, 0.25) is 0 Å². The van der Waals surface area contributed by atoms with Crippen molar-refractivity contribution < 1.29 is 19.1 Å². The third-order valence-electron chi connectivity index (χ3n) is 5.71. The Morgan fingerprint density at radius 3 is 1.62 bits per heavy atom. The van der Waals surface area contributed by atoms with Crippen LogP contribution in [0.1, 0.15) is 137 Å². The van der Waals surface area contributed by atoms with E-state index in [1.807, 2.05) is 13.8 Å². The summed E-state index contributed by atoms with van der Waals surface area (Å²) in [6, 6.07) is -0.608. The second-order valence-electron chi connectivity index (χ2n) is 9.60. The number of alkyl carbamates (subject to hydrolysis) is 1. The molecule has 0 bridgehead atoms. The molecule has 0 heterocycles. The zero-order valence-electron chi connectivity index (χ0n) is 21.7. The Morgan fingerprint density at radius 2 is 1.12 bits per heavy atom. The van der Waals surface area contributed by atoms with Crippen molar-refractivity contribution in [3.63, 3.8) is 0 Å². The van der Waals surface area contributed by atoms with E-state index in [9.17, 15) is 9.59 Å². The number of carbonyl (C=O) groups excluding carboxylic acids is 2. The summed E-state index contributed by atoms with van der Waals surface area (Å²) >= 11 is 0. The molecular weight excluding hydrogens is 402 g/mol. The highest BCUT2D eigenvalue weighted by Gasteiger charge is 2.22. The first kappa shape index (κ1) is 30.7. The maximum absolute atomic E-state index is 12.5. The zero-order chi connectivity index (χ0) is 23.9. The molecule has 1 unspecified atom stereocenters. The number of hydrogen-bond donors (Lipinski definition) is 1. The van der Waals surface area contributed by atoms with Crippen molar-refractivity contribution in [3.8, 4) is 0 Å². The normalized spacial score (nSPS) is 12.0. The van der Waals surface area contributed by atoms with Crippen LogP contribution in [0.25, 0.3) is 0 Å². The molecule has 190 valence electrons. The van der Waals surface area contributed by atoms with Crippen LogP contribution in [0.15, 0.2) is 0 Å². The highest BCUT2D eigenvalue weighted by Crippen LogP contribution is 2.12. The highest BCUT2D eigenvalue weighted by molar-refractivity contribution is 5.81. The predicted molar refractivity (Wildman–Crippen MR) is 134 cm³/mol. The summed E-state index contributed by atoms with van der Waals surface area (Å²) in [6.07, 6.45) is 19.7. The van der Waals surface area contributed by atoms with E-state index in [4.69, 9.17) is 9.47 Å². The fourth-order valence-corrected chi connectivity index (χ4v) is 3.67. The molecule has 0 fully saturated rings. The average molecular weight is 456 g/mol. The van der Waals surface area contributed by atoms with Gasteiger partial charge < -0.3 is 14.8 Å². The van der Waals surface area contributed by atoms with E-state index in [1.54, 1.807) is 0 Å². The second kappa shape index (κ2) is 22.9. The minimum atomic E-state index is -0.608. The van der Waals surface area contributed by atoms with E-state index in [0.29, 0.717) is 19.6 Å². The van der Waals surface area contributed by atoms with Crippen molar-refractivity contribution in [2.45, 2.75) is 143 Å². The monoisotopic (exact) mass is 455 g/mol. The van der Waals surface area contributed by atoms with Gasteiger partial charge in [0.1, 0.15) is 6.04 Å². The summed E-state index contributed by atoms with van der Waals surface area (Å²) in [5.41, 5.74) is 0. The van der Waals surface area contributed by atoms with Crippen molar-refractivity contribution in [3.05, 3.63) is 0 Å². The number of unbranched alkanes of at least 4 members (excludes halogenated alkanes) is 14. The average Bonchev–Trinajstić information content (AvgIpc) is 2.77. The Balaban J connectivity index is 3.92. The van der Waals surface area contributed by atoms with Crippen LogP contribution in [0.4, 0.5) is 4.79 Å². The van der Waals surface area contributed by atoms with Gasteiger partial charge in [-0.05, 0) is 18.8 Å². The first-order chi connectivity index (χ1) is 15.5. The Hall–Kier alpha value is -1.26. The summed E-state index contributed by atoms with van der Waals surface area (Å²) in [5.74, 6) is -0.0624. The molecule has 1 amide bonds. The van der Waals surface area contributed by atoms with Crippen LogP contribution >= 0.6 is 0 Å². The summed E-state index contributed by atoms with van der Waals surface area (Å²) in [7, 11) is 0. The molecule has 0 saturated carbocycles. The van der Waals surface area contributed by atoms with Crippen LogP contribution < -0.4 is 5.32 Å². The predicted octanol–water partition coefficient (Wildman–Crippen LogP) is 7.95. The van der Waals surface area contributed by atoms with Crippen molar-refractivity contribution in [1.29, 1.82) is 0 Å². The van der Waals surface area contributed by atoms with Gasteiger partial charge >= 0.3 is 12.1 Å². The van der Waals surface area contributed by atoms with Crippen LogP contribution in [0.5, 0.6) is 0 Å². The molecule has 0 spiro atoms. The lowest BCUT2D eigenvalue weighted by molar-refractivity contribution is -0.146. The topological polar surface area (TPSA) is 64.6 Å². The van der Waals surface area contributed by atoms with Crippen LogP contribution in [-0.4, -0.2) is 31.3 Å². The van der Waals surface area contributed by atoms with E-state index >= 15 is 0 Å². The SMILES string of the molecule is CCCCCCCCCCCCCCOC(=O)C(CCCCCC)NC(=O)OCC(C)C. The molecule has 32 heavy (non-hydrogen) atoms. The molecular formula is C27H53NO4. The summed E-state index contributed by atoms with van der Waals surface area (Å²) in [4.78, 5) is 24.5. The molecule has 5 nitrogen and oxygen atoms in total. The third-order valence-corrected chi connectivity index (χ3v) is 5.71. The van der Waals surface area contributed by atoms with Crippen molar-refractivity contribution in [1.82, 2.24) is 5.32 Å². The molecule has 0 radical (unpaired) electrons. The van der Waals surface area contributed by atoms with Gasteiger partial charge in [-0.2, -0.15) is 0 Å². The van der Waals surface area contributed by atoms with Gasteiger partial charge in [-0.1, -0.05) is 124 Å². The highest BCUT2D eigenvalue weighted by atomic mass is 16.6. The lowest BCUT2D eigenvalue weighted by atomic mass is 10.1. The molecule has 0 aliphatic carbocycles. The standard InChI is InChI=1S/C27H53NO4/c1-5-7-9-11-12-13-14-15-16-17-18-20-22-31-26(29)25(21-19-10-8-6-2)28-27(30)32-23-24(3)4/h24-25H,5-23H2,1-4H3,(H,28,30). The number of ether oxygens (including phenoxy) is 2. The van der Waals surface area contributed by atoms with Gasteiger partial charge in [-0.25, -0.2) is 9.59 Å². The van der Waals surface area contributed by atoms with Crippen LogP contribution in [0.2, 0.25) is 0 Å². The fraction of sp³-hybridized carbons (Fsp3) is 0.926. The zero-order valence-corrected chi connectivity index (χ0v) is 21.7. The van der Waals surface area contributed by atoms with E-state index in [1.165, 1.54) is 64.2 Å². The Bertz CT molecular complexity index is 439. The molecule has 0 rings (SSSR count). The molecule has 1 atom stereocenters. The molecule has 0 aromatic heterocycles. The molecule has 0 aromatic rings. The molecule has 0 aliphatic heterocycles. The number of nitrogens with one attached hydrogen (secondary N) is 1. The van der Waals surface area contributed by atoms with E-state index < -0.39 is 12.1 Å². The van der Waals surface area contributed by atoms with E-state index in [0.717, 1.165) is 38.5 Å². The number of hydrogen-bond acceptors (Lipinski definition) is 4. The molecule has 0 saturated heterocycles. The number of amides is 1. The van der Waals surface area contributed by atoms with Gasteiger partial charge in [0.15, 0.2) is 0 Å². The van der Waals surface area contributed by atoms with Crippen LogP contribution in [0.3, 0.4) is 0 Å². The maximum atomic E-state index is 12.5. The molecule has 1 N–H and O–H groups in total. The van der Waals surface area contributed by atoms with Crippen LogP contribution in [0, 0.1) is 5.92 Å². The molecule has 0 aliphatic rings. The van der Waals surface area contributed by atoms with E-state index in [-0.39, 0.29) is 11.9 Å². The van der Waals surface area contributed by atoms with E-state index in [2.05, 4.69) is 19.2 Å². The smallest absolute Gasteiger partial charge is 0.407 e. The molecule has 0 aromatic carbocycles. The summed E-state index contributed by atoms with van der Waals surface area (Å²) in [5, 5.41) is 2.71. The lowest BCUT2D eigenvalue weighted by Crippen LogP contribution is -2.42. The largest absolute Gasteiger partial charge is 0.464 e. The van der Waals surface area contributed by atoms with Gasteiger partial charge in [0, 0.05) is 0 Å². The quantitative estimate of drug-likeness (QED) is 0.133. The Kier molecular flexibility index (Phi) is 22.0. The minimum absolute atomic E-state index is 0.265. The van der Waals surface area contributed by atoms with Crippen molar-refractivity contribution in [2.75, 3.05) is 13.2 Å².